The van der Waals surface area contributed by atoms with E-state index in [1.165, 1.54) is 12.8 Å². The van der Waals surface area contributed by atoms with Gasteiger partial charge in [-0.1, -0.05) is 0 Å². The van der Waals surface area contributed by atoms with Crippen LogP contribution in [0.5, 0.6) is 0 Å². The summed E-state index contributed by atoms with van der Waals surface area (Å²) in [6.45, 7) is 5.53. The number of hydrogen-bond acceptors (Lipinski definition) is 5. The second-order valence-corrected chi connectivity index (χ2v) is 7.27. The molecule has 0 unspecified atom stereocenters. The number of piperidine rings is 1. The summed E-state index contributed by atoms with van der Waals surface area (Å²) in [6, 6.07) is 3.78. The molecule has 6 nitrogen and oxygen atoms in total. The van der Waals surface area contributed by atoms with E-state index >= 15 is 0 Å². The zero-order valence-electron chi connectivity index (χ0n) is 15.3. The third kappa shape index (κ3) is 3.54. The van der Waals surface area contributed by atoms with Crippen molar-refractivity contribution in [2.24, 2.45) is 0 Å². The molecule has 0 aliphatic carbocycles. The Morgan fingerprint density at radius 3 is 2.81 bits per heavy atom. The van der Waals surface area contributed by atoms with Gasteiger partial charge in [-0.25, -0.2) is 4.98 Å². The predicted octanol–water partition coefficient (Wildman–Crippen LogP) is 2.80. The molecule has 2 aliphatic rings. The Kier molecular flexibility index (Phi) is 4.82. The summed E-state index contributed by atoms with van der Waals surface area (Å²) in [5.74, 6) is 1.28. The number of hydrogen-bond donors (Lipinski definition) is 0. The molecule has 4 rings (SSSR count). The van der Waals surface area contributed by atoms with Gasteiger partial charge in [0.1, 0.15) is 5.82 Å². The van der Waals surface area contributed by atoms with Crippen molar-refractivity contribution in [3.05, 3.63) is 47.7 Å². The fourth-order valence-electron chi connectivity index (χ4n) is 3.94. The van der Waals surface area contributed by atoms with Gasteiger partial charge in [0.05, 0.1) is 11.4 Å². The Hall–Kier alpha value is -2.50. The molecule has 1 amide bonds. The second-order valence-electron chi connectivity index (χ2n) is 7.27. The summed E-state index contributed by atoms with van der Waals surface area (Å²) < 4.78 is 0. The zero-order chi connectivity index (χ0) is 17.9. The smallest absolute Gasteiger partial charge is 0.254 e. The maximum absolute atomic E-state index is 13.1. The SMILES string of the molecule is Cc1cncc([C@@H]2CCCN(C(=O)c3ccnc(N4CCCC4)c3)C2)n1. The number of anilines is 1. The molecule has 2 fully saturated rings. The molecule has 136 valence electrons. The van der Waals surface area contributed by atoms with Crippen LogP contribution in [0.25, 0.3) is 0 Å². The van der Waals surface area contributed by atoms with Crippen LogP contribution in [-0.4, -0.2) is 51.9 Å². The van der Waals surface area contributed by atoms with Crippen LogP contribution >= 0.6 is 0 Å². The molecule has 2 saturated heterocycles. The molecule has 2 aromatic heterocycles. The number of likely N-dealkylation sites (tertiary alicyclic amines) is 1. The first-order chi connectivity index (χ1) is 12.7. The maximum Gasteiger partial charge on any atom is 0.254 e. The van der Waals surface area contributed by atoms with E-state index in [9.17, 15) is 4.79 Å². The van der Waals surface area contributed by atoms with E-state index in [2.05, 4.69) is 19.9 Å². The highest BCUT2D eigenvalue weighted by Crippen LogP contribution is 2.27. The molecular formula is C20H25N5O. The third-order valence-corrected chi connectivity index (χ3v) is 5.32. The van der Waals surface area contributed by atoms with E-state index < -0.39 is 0 Å². The molecule has 1 atom stereocenters. The lowest BCUT2D eigenvalue weighted by atomic mass is 9.94. The first-order valence-electron chi connectivity index (χ1n) is 9.49. The summed E-state index contributed by atoms with van der Waals surface area (Å²) in [5.41, 5.74) is 2.66. The summed E-state index contributed by atoms with van der Waals surface area (Å²) in [5, 5.41) is 0. The lowest BCUT2D eigenvalue weighted by molar-refractivity contribution is 0.0705. The minimum absolute atomic E-state index is 0.0955. The highest BCUT2D eigenvalue weighted by molar-refractivity contribution is 5.95. The van der Waals surface area contributed by atoms with Crippen LogP contribution < -0.4 is 4.90 Å². The van der Waals surface area contributed by atoms with Crippen LogP contribution in [0, 0.1) is 6.92 Å². The molecule has 26 heavy (non-hydrogen) atoms. The topological polar surface area (TPSA) is 62.2 Å². The van der Waals surface area contributed by atoms with Crippen LogP contribution in [0.1, 0.15) is 53.3 Å². The Morgan fingerprint density at radius 1 is 1.15 bits per heavy atom. The van der Waals surface area contributed by atoms with E-state index in [1.54, 1.807) is 12.4 Å². The first-order valence-corrected chi connectivity index (χ1v) is 9.49. The molecular weight excluding hydrogens is 326 g/mol. The Morgan fingerprint density at radius 2 is 2.00 bits per heavy atom. The van der Waals surface area contributed by atoms with Crippen molar-refractivity contribution < 1.29 is 4.79 Å². The number of carbonyl (C=O) groups excluding carboxylic acids is 1. The number of aromatic nitrogens is 3. The molecule has 0 saturated carbocycles. The van der Waals surface area contributed by atoms with E-state index in [0.29, 0.717) is 6.54 Å². The number of rotatable bonds is 3. The van der Waals surface area contributed by atoms with Crippen LogP contribution in [0.3, 0.4) is 0 Å². The standard InChI is InChI=1S/C20H25N5O/c1-15-12-21-13-18(23-15)17-5-4-10-25(14-17)20(26)16-6-7-22-19(11-16)24-8-2-3-9-24/h6-7,11-13,17H,2-5,8-10,14H2,1H3/t17-/m1/s1. The summed E-state index contributed by atoms with van der Waals surface area (Å²) in [6.07, 6.45) is 9.81. The minimum atomic E-state index is 0.0955. The molecule has 0 bridgehead atoms. The highest BCUT2D eigenvalue weighted by Gasteiger charge is 2.27. The lowest BCUT2D eigenvalue weighted by Crippen LogP contribution is -2.39. The fraction of sp³-hybridized carbons (Fsp3) is 0.500. The van der Waals surface area contributed by atoms with Crippen LogP contribution in [0.15, 0.2) is 30.7 Å². The fourth-order valence-corrected chi connectivity index (χ4v) is 3.94. The van der Waals surface area contributed by atoms with Gasteiger partial charge in [-0.2, -0.15) is 0 Å². The number of carbonyl (C=O) groups is 1. The van der Waals surface area contributed by atoms with Gasteiger partial charge in [-0.3, -0.25) is 14.8 Å². The monoisotopic (exact) mass is 351 g/mol. The van der Waals surface area contributed by atoms with Gasteiger partial charge < -0.3 is 9.80 Å². The van der Waals surface area contributed by atoms with Gasteiger partial charge in [0.15, 0.2) is 0 Å². The summed E-state index contributed by atoms with van der Waals surface area (Å²) >= 11 is 0. The number of amides is 1. The average Bonchev–Trinajstić information content (AvgIpc) is 3.22. The van der Waals surface area contributed by atoms with E-state index in [-0.39, 0.29) is 11.8 Å². The highest BCUT2D eigenvalue weighted by atomic mass is 16.2. The van der Waals surface area contributed by atoms with Crippen molar-refractivity contribution in [1.29, 1.82) is 0 Å². The summed E-state index contributed by atoms with van der Waals surface area (Å²) in [7, 11) is 0. The quantitative estimate of drug-likeness (QED) is 0.851. The van der Waals surface area contributed by atoms with Gasteiger partial charge >= 0.3 is 0 Å². The molecule has 0 N–H and O–H groups in total. The van der Waals surface area contributed by atoms with Crippen LogP contribution in [-0.2, 0) is 0 Å². The Labute approximate surface area is 154 Å². The van der Waals surface area contributed by atoms with E-state index in [0.717, 1.165) is 55.2 Å². The Bertz CT molecular complexity index is 787. The van der Waals surface area contributed by atoms with Gasteiger partial charge in [-0.05, 0) is 44.7 Å². The lowest BCUT2D eigenvalue weighted by Gasteiger charge is -2.32. The maximum atomic E-state index is 13.1. The van der Waals surface area contributed by atoms with Gasteiger partial charge in [0, 0.05) is 56.3 Å². The largest absolute Gasteiger partial charge is 0.357 e. The van der Waals surface area contributed by atoms with Crippen molar-refractivity contribution in [1.82, 2.24) is 19.9 Å². The van der Waals surface area contributed by atoms with E-state index in [4.69, 9.17) is 0 Å². The second kappa shape index (κ2) is 7.40. The van der Waals surface area contributed by atoms with Crippen LogP contribution in [0.4, 0.5) is 5.82 Å². The van der Waals surface area contributed by atoms with Gasteiger partial charge in [-0.15, -0.1) is 0 Å². The number of pyridine rings is 1. The van der Waals surface area contributed by atoms with Crippen molar-refractivity contribution in [3.8, 4) is 0 Å². The molecule has 0 radical (unpaired) electrons. The van der Waals surface area contributed by atoms with Crippen LogP contribution in [0.2, 0.25) is 0 Å². The molecule has 4 heterocycles. The number of aryl methyl sites for hydroxylation is 1. The molecule has 2 aromatic rings. The molecule has 6 heteroatoms. The van der Waals surface area contributed by atoms with Gasteiger partial charge in [0.25, 0.3) is 5.91 Å². The zero-order valence-corrected chi connectivity index (χ0v) is 15.3. The minimum Gasteiger partial charge on any atom is -0.357 e. The van der Waals surface area contributed by atoms with E-state index in [1.807, 2.05) is 30.2 Å². The normalized spacial score (nSPS) is 20.4. The molecule has 2 aliphatic heterocycles. The van der Waals surface area contributed by atoms with Crippen molar-refractivity contribution in [2.45, 2.75) is 38.5 Å². The first kappa shape index (κ1) is 16.9. The predicted molar refractivity (Wildman–Crippen MR) is 100 cm³/mol. The Balaban J connectivity index is 1.50. The van der Waals surface area contributed by atoms with Gasteiger partial charge in [0.2, 0.25) is 0 Å². The third-order valence-electron chi connectivity index (χ3n) is 5.32. The van der Waals surface area contributed by atoms with Crippen molar-refractivity contribution >= 4 is 11.7 Å². The van der Waals surface area contributed by atoms with Crippen molar-refractivity contribution in [3.63, 3.8) is 0 Å². The van der Waals surface area contributed by atoms with Crippen molar-refractivity contribution in [2.75, 3.05) is 31.1 Å². The summed E-state index contributed by atoms with van der Waals surface area (Å²) in [4.78, 5) is 30.6. The molecule has 0 spiro atoms. The number of nitrogens with zero attached hydrogens (tertiary/aromatic N) is 5. The molecule has 0 aromatic carbocycles. The average molecular weight is 351 g/mol.